The van der Waals surface area contributed by atoms with Gasteiger partial charge in [-0.05, 0) is 19.9 Å². The van der Waals surface area contributed by atoms with Crippen LogP contribution in [0.25, 0.3) is 11.0 Å². The fraction of sp³-hybridized carbons (Fsp3) is 0.250. The van der Waals surface area contributed by atoms with E-state index in [0.717, 1.165) is 27.3 Å². The van der Waals surface area contributed by atoms with Crippen LogP contribution < -0.4 is 10.6 Å². The van der Waals surface area contributed by atoms with E-state index in [2.05, 4.69) is 15.6 Å². The number of nitrogens with one attached hydrogen (secondary N) is 2. The van der Waals surface area contributed by atoms with Crippen molar-refractivity contribution in [3.05, 3.63) is 52.2 Å². The van der Waals surface area contributed by atoms with Gasteiger partial charge in [-0.15, -0.1) is 11.3 Å². The predicted molar refractivity (Wildman–Crippen MR) is 86.9 cm³/mol. The first-order valence-corrected chi connectivity index (χ1v) is 7.94. The summed E-state index contributed by atoms with van der Waals surface area (Å²) in [5.74, 6) is 0.776. The first-order valence-electron chi connectivity index (χ1n) is 7.06. The molecule has 1 atom stereocenters. The van der Waals surface area contributed by atoms with Crippen LogP contribution in [-0.4, -0.2) is 11.0 Å². The molecule has 3 rings (SSSR count). The number of furan rings is 1. The van der Waals surface area contributed by atoms with Crippen molar-refractivity contribution in [1.29, 1.82) is 0 Å². The Morgan fingerprint density at radius 2 is 2.23 bits per heavy atom. The molecule has 1 aromatic carbocycles. The summed E-state index contributed by atoms with van der Waals surface area (Å²) in [5, 5.41) is 9.54. The lowest BCUT2D eigenvalue weighted by molar-refractivity contribution is 0.236. The number of hydrogen-bond acceptors (Lipinski definition) is 4. The Balaban J connectivity index is 1.61. The first kappa shape index (κ1) is 14.6. The molecule has 0 unspecified atom stereocenters. The van der Waals surface area contributed by atoms with Gasteiger partial charge in [0.1, 0.15) is 16.4 Å². The Hall–Kier alpha value is -2.34. The standard InChI is InChI=1S/C16H17N3O2S/c1-10-12-5-3-4-6-13(12)21-14(10)9-18-16(20)19-11(2)15-17-7-8-22-15/h3-8,11H,9H2,1-2H3,(H2,18,19,20)/t11-/m0/s1. The summed E-state index contributed by atoms with van der Waals surface area (Å²) in [4.78, 5) is 16.1. The predicted octanol–water partition coefficient (Wildman–Crippen LogP) is 3.76. The Morgan fingerprint density at radius 1 is 1.41 bits per heavy atom. The van der Waals surface area contributed by atoms with Crippen molar-refractivity contribution in [2.75, 3.05) is 0 Å². The van der Waals surface area contributed by atoms with E-state index >= 15 is 0 Å². The van der Waals surface area contributed by atoms with Crippen LogP contribution in [0.15, 0.2) is 40.3 Å². The molecule has 2 amide bonds. The molecule has 0 aliphatic carbocycles. The number of nitrogens with zero attached hydrogens (tertiary/aromatic N) is 1. The van der Waals surface area contributed by atoms with E-state index in [0.29, 0.717) is 6.54 Å². The average molecular weight is 315 g/mol. The summed E-state index contributed by atoms with van der Waals surface area (Å²) in [6, 6.07) is 7.51. The third kappa shape index (κ3) is 2.96. The summed E-state index contributed by atoms with van der Waals surface area (Å²) in [7, 11) is 0. The highest BCUT2D eigenvalue weighted by Gasteiger charge is 2.13. The van der Waals surface area contributed by atoms with Crippen molar-refractivity contribution < 1.29 is 9.21 Å². The summed E-state index contributed by atoms with van der Waals surface area (Å²) in [6.45, 7) is 4.26. The van der Waals surface area contributed by atoms with Gasteiger partial charge in [0, 0.05) is 22.5 Å². The number of para-hydroxylation sites is 1. The maximum atomic E-state index is 12.0. The molecule has 0 aliphatic heterocycles. The van der Waals surface area contributed by atoms with Gasteiger partial charge in [-0.25, -0.2) is 9.78 Å². The maximum Gasteiger partial charge on any atom is 0.315 e. The van der Waals surface area contributed by atoms with Gasteiger partial charge in [-0.1, -0.05) is 18.2 Å². The molecule has 5 nitrogen and oxygen atoms in total. The molecule has 0 radical (unpaired) electrons. The molecule has 0 fully saturated rings. The van der Waals surface area contributed by atoms with E-state index in [9.17, 15) is 4.79 Å². The van der Waals surface area contributed by atoms with Crippen molar-refractivity contribution in [2.24, 2.45) is 0 Å². The summed E-state index contributed by atoms with van der Waals surface area (Å²) >= 11 is 1.52. The van der Waals surface area contributed by atoms with Gasteiger partial charge >= 0.3 is 6.03 Å². The topological polar surface area (TPSA) is 67.2 Å². The molecule has 2 heterocycles. The number of aromatic nitrogens is 1. The smallest absolute Gasteiger partial charge is 0.315 e. The number of urea groups is 1. The number of benzene rings is 1. The molecule has 114 valence electrons. The fourth-order valence-corrected chi connectivity index (χ4v) is 2.96. The van der Waals surface area contributed by atoms with Crippen LogP contribution in [-0.2, 0) is 6.54 Å². The van der Waals surface area contributed by atoms with Crippen LogP contribution in [0.3, 0.4) is 0 Å². The largest absolute Gasteiger partial charge is 0.459 e. The van der Waals surface area contributed by atoms with Crippen molar-refractivity contribution in [3.8, 4) is 0 Å². The van der Waals surface area contributed by atoms with Gasteiger partial charge in [0.2, 0.25) is 0 Å². The lowest BCUT2D eigenvalue weighted by Crippen LogP contribution is -2.36. The number of hydrogen-bond donors (Lipinski definition) is 2. The van der Waals surface area contributed by atoms with E-state index in [1.54, 1.807) is 6.20 Å². The van der Waals surface area contributed by atoms with Gasteiger partial charge in [0.25, 0.3) is 0 Å². The van der Waals surface area contributed by atoms with E-state index in [-0.39, 0.29) is 12.1 Å². The van der Waals surface area contributed by atoms with Crippen molar-refractivity contribution in [2.45, 2.75) is 26.4 Å². The monoisotopic (exact) mass is 315 g/mol. The number of fused-ring (bicyclic) bond motifs is 1. The molecule has 0 saturated heterocycles. The normalized spacial score (nSPS) is 12.3. The summed E-state index contributed by atoms with van der Waals surface area (Å²) < 4.78 is 5.77. The molecule has 0 aliphatic rings. The Kier molecular flexibility index (Phi) is 4.11. The quantitative estimate of drug-likeness (QED) is 0.770. The third-order valence-corrected chi connectivity index (χ3v) is 4.48. The van der Waals surface area contributed by atoms with Crippen LogP contribution in [0.2, 0.25) is 0 Å². The lowest BCUT2D eigenvalue weighted by Gasteiger charge is -2.11. The SMILES string of the molecule is Cc1c(CNC(=O)N[C@@H](C)c2nccs2)oc2ccccc12. The first-order chi connectivity index (χ1) is 10.6. The summed E-state index contributed by atoms with van der Waals surface area (Å²) in [6.07, 6.45) is 1.73. The lowest BCUT2D eigenvalue weighted by atomic mass is 10.1. The highest BCUT2D eigenvalue weighted by Crippen LogP contribution is 2.24. The zero-order valence-electron chi connectivity index (χ0n) is 12.4. The molecular formula is C16H17N3O2S. The van der Waals surface area contributed by atoms with Gasteiger partial charge in [-0.3, -0.25) is 0 Å². The van der Waals surface area contributed by atoms with Gasteiger partial charge in [0.05, 0.1) is 12.6 Å². The number of aryl methyl sites for hydroxylation is 1. The maximum absolute atomic E-state index is 12.0. The zero-order chi connectivity index (χ0) is 15.5. The second-order valence-electron chi connectivity index (χ2n) is 5.07. The average Bonchev–Trinajstić information content (AvgIpc) is 3.14. The van der Waals surface area contributed by atoms with Crippen LogP contribution in [0.5, 0.6) is 0 Å². The van der Waals surface area contributed by atoms with Gasteiger partial charge in [-0.2, -0.15) is 0 Å². The molecule has 2 N–H and O–H groups in total. The Labute approximate surface area is 132 Å². The van der Waals surface area contributed by atoms with E-state index in [4.69, 9.17) is 4.42 Å². The number of carbonyl (C=O) groups excluding carboxylic acids is 1. The fourth-order valence-electron chi connectivity index (χ4n) is 2.31. The minimum atomic E-state index is -0.234. The molecule has 0 bridgehead atoms. The van der Waals surface area contributed by atoms with E-state index < -0.39 is 0 Å². The molecule has 0 saturated carbocycles. The van der Waals surface area contributed by atoms with Crippen LogP contribution in [0.1, 0.15) is 29.3 Å². The highest BCUT2D eigenvalue weighted by atomic mass is 32.1. The number of carbonyl (C=O) groups is 1. The minimum Gasteiger partial charge on any atom is -0.459 e. The Morgan fingerprint density at radius 3 is 2.95 bits per heavy atom. The molecule has 3 aromatic rings. The number of thiazole rings is 1. The van der Waals surface area contributed by atoms with Gasteiger partial charge in [0.15, 0.2) is 0 Å². The zero-order valence-corrected chi connectivity index (χ0v) is 13.2. The molecule has 0 spiro atoms. The summed E-state index contributed by atoms with van der Waals surface area (Å²) in [5.41, 5.74) is 1.90. The number of amides is 2. The third-order valence-electron chi connectivity index (χ3n) is 3.52. The van der Waals surface area contributed by atoms with Crippen LogP contribution in [0.4, 0.5) is 4.79 Å². The van der Waals surface area contributed by atoms with Crippen molar-refractivity contribution in [1.82, 2.24) is 15.6 Å². The molecule has 2 aromatic heterocycles. The second-order valence-corrected chi connectivity index (χ2v) is 5.99. The molecule has 22 heavy (non-hydrogen) atoms. The number of rotatable bonds is 4. The van der Waals surface area contributed by atoms with Crippen molar-refractivity contribution >= 4 is 28.3 Å². The molecule has 6 heteroatoms. The second kappa shape index (κ2) is 6.19. The van der Waals surface area contributed by atoms with Crippen LogP contribution >= 0.6 is 11.3 Å². The highest BCUT2D eigenvalue weighted by molar-refractivity contribution is 7.09. The van der Waals surface area contributed by atoms with E-state index in [1.165, 1.54) is 11.3 Å². The van der Waals surface area contributed by atoms with Crippen molar-refractivity contribution in [3.63, 3.8) is 0 Å². The Bertz CT molecular complexity index is 780. The molecular weight excluding hydrogens is 298 g/mol. The minimum absolute atomic E-state index is 0.114. The van der Waals surface area contributed by atoms with E-state index in [1.807, 2.05) is 43.5 Å². The van der Waals surface area contributed by atoms with Crippen LogP contribution in [0, 0.1) is 6.92 Å². The van der Waals surface area contributed by atoms with Gasteiger partial charge < -0.3 is 15.1 Å².